The minimum atomic E-state index is 0.575. The van der Waals surface area contributed by atoms with Crippen molar-refractivity contribution in [3.05, 3.63) is 36.5 Å². The minimum Gasteiger partial charge on any atom is -0.382 e. The van der Waals surface area contributed by atoms with Crippen LogP contribution >= 0.6 is 0 Å². The van der Waals surface area contributed by atoms with Crippen LogP contribution in [0, 0.1) is 0 Å². The topological polar surface area (TPSA) is 37.0 Å². The molecule has 3 nitrogen and oxygen atoms in total. The molecule has 2 N–H and O–H groups in total. The molecule has 0 bridgehead atoms. The van der Waals surface area contributed by atoms with Crippen LogP contribution in [0.3, 0.4) is 0 Å². The molecular weight excluding hydrogens is 222 g/mol. The van der Waals surface area contributed by atoms with Crippen LogP contribution in [0.1, 0.15) is 19.3 Å². The number of rotatable bonds is 2. The zero-order valence-corrected chi connectivity index (χ0v) is 10.5. The van der Waals surface area contributed by atoms with E-state index in [1.807, 2.05) is 12.3 Å². The summed E-state index contributed by atoms with van der Waals surface area (Å²) in [5.41, 5.74) is 2.28. The molecular formula is C15H19N3. The van der Waals surface area contributed by atoms with Crippen molar-refractivity contribution in [2.45, 2.75) is 25.3 Å². The Balaban J connectivity index is 1.85. The van der Waals surface area contributed by atoms with Crippen molar-refractivity contribution in [1.29, 1.82) is 0 Å². The van der Waals surface area contributed by atoms with Gasteiger partial charge in [0, 0.05) is 23.3 Å². The molecule has 0 aliphatic carbocycles. The summed E-state index contributed by atoms with van der Waals surface area (Å²) in [6.07, 6.45) is 5.57. The first-order chi connectivity index (χ1) is 8.93. The fourth-order valence-corrected chi connectivity index (χ4v) is 2.61. The Morgan fingerprint density at radius 1 is 1.11 bits per heavy atom. The van der Waals surface area contributed by atoms with E-state index in [4.69, 9.17) is 0 Å². The molecule has 1 saturated heterocycles. The highest BCUT2D eigenvalue weighted by Gasteiger charge is 2.12. The predicted molar refractivity (Wildman–Crippen MR) is 75.9 cm³/mol. The van der Waals surface area contributed by atoms with Gasteiger partial charge in [-0.05, 0) is 44.5 Å². The van der Waals surface area contributed by atoms with Crippen molar-refractivity contribution >= 4 is 16.6 Å². The van der Waals surface area contributed by atoms with Crippen LogP contribution in [0.5, 0.6) is 0 Å². The lowest BCUT2D eigenvalue weighted by Crippen LogP contribution is -2.21. The van der Waals surface area contributed by atoms with Crippen LogP contribution < -0.4 is 10.6 Å². The van der Waals surface area contributed by atoms with E-state index in [1.165, 1.54) is 30.3 Å². The number of para-hydroxylation sites is 1. The molecule has 1 aromatic carbocycles. The van der Waals surface area contributed by atoms with Gasteiger partial charge in [0.1, 0.15) is 0 Å². The molecule has 0 radical (unpaired) electrons. The van der Waals surface area contributed by atoms with Gasteiger partial charge in [0.15, 0.2) is 0 Å². The molecule has 1 aromatic heterocycles. The largest absolute Gasteiger partial charge is 0.382 e. The lowest BCUT2D eigenvalue weighted by molar-refractivity contribution is 0.638. The highest BCUT2D eigenvalue weighted by atomic mass is 15.0. The second-order valence-corrected chi connectivity index (χ2v) is 4.90. The van der Waals surface area contributed by atoms with Crippen LogP contribution in [-0.2, 0) is 0 Å². The summed E-state index contributed by atoms with van der Waals surface area (Å²) in [5.74, 6) is 0. The number of aromatic nitrogens is 1. The molecule has 1 atom stereocenters. The summed E-state index contributed by atoms with van der Waals surface area (Å²) in [6, 6.07) is 11.0. The number of anilines is 1. The fraction of sp³-hybridized carbons (Fsp3) is 0.400. The van der Waals surface area contributed by atoms with E-state index in [2.05, 4.69) is 39.9 Å². The molecule has 0 saturated carbocycles. The number of pyridine rings is 1. The summed E-state index contributed by atoms with van der Waals surface area (Å²) in [7, 11) is 0. The maximum absolute atomic E-state index is 4.40. The summed E-state index contributed by atoms with van der Waals surface area (Å²) in [4.78, 5) is 4.40. The Labute approximate surface area is 108 Å². The van der Waals surface area contributed by atoms with Gasteiger partial charge in [-0.1, -0.05) is 18.2 Å². The lowest BCUT2D eigenvalue weighted by Gasteiger charge is -2.18. The van der Waals surface area contributed by atoms with Gasteiger partial charge in [-0.2, -0.15) is 0 Å². The predicted octanol–water partition coefficient (Wildman–Crippen LogP) is 2.79. The molecule has 3 heteroatoms. The van der Waals surface area contributed by atoms with Crippen LogP contribution in [0.4, 0.5) is 5.69 Å². The number of nitrogens with zero attached hydrogens (tertiary/aromatic N) is 1. The standard InChI is InChI=1S/C15H19N3/c1-2-6-14-13(5-1)15(8-11-17-14)18-12-4-3-9-16-10-7-12/h1-2,5-6,8,11-12,16H,3-4,7,9-10H2,(H,17,18). The summed E-state index contributed by atoms with van der Waals surface area (Å²) in [5, 5.41) is 8.35. The molecule has 1 aliphatic rings. The van der Waals surface area contributed by atoms with Gasteiger partial charge in [0.2, 0.25) is 0 Å². The zero-order chi connectivity index (χ0) is 12.2. The number of fused-ring (bicyclic) bond motifs is 1. The molecule has 2 aromatic rings. The third-order valence-corrected chi connectivity index (χ3v) is 3.58. The Kier molecular flexibility index (Phi) is 3.42. The first-order valence-electron chi connectivity index (χ1n) is 6.74. The maximum Gasteiger partial charge on any atom is 0.0722 e. The third kappa shape index (κ3) is 2.46. The molecule has 3 rings (SSSR count). The van der Waals surface area contributed by atoms with Crippen LogP contribution in [0.25, 0.3) is 10.9 Å². The summed E-state index contributed by atoms with van der Waals surface area (Å²) < 4.78 is 0. The summed E-state index contributed by atoms with van der Waals surface area (Å²) in [6.45, 7) is 2.26. The monoisotopic (exact) mass is 241 g/mol. The van der Waals surface area contributed by atoms with E-state index < -0.39 is 0 Å². The Bertz CT molecular complexity index is 511. The van der Waals surface area contributed by atoms with Crippen molar-refractivity contribution < 1.29 is 0 Å². The van der Waals surface area contributed by atoms with E-state index in [0.717, 1.165) is 18.6 Å². The second-order valence-electron chi connectivity index (χ2n) is 4.90. The Morgan fingerprint density at radius 3 is 3.06 bits per heavy atom. The average molecular weight is 241 g/mol. The Morgan fingerprint density at radius 2 is 2.06 bits per heavy atom. The molecule has 0 spiro atoms. The van der Waals surface area contributed by atoms with Gasteiger partial charge in [0.25, 0.3) is 0 Å². The average Bonchev–Trinajstić information content (AvgIpc) is 2.68. The third-order valence-electron chi connectivity index (χ3n) is 3.58. The quantitative estimate of drug-likeness (QED) is 0.849. The number of hydrogen-bond acceptors (Lipinski definition) is 3. The number of benzene rings is 1. The van der Waals surface area contributed by atoms with Crippen LogP contribution in [0.2, 0.25) is 0 Å². The van der Waals surface area contributed by atoms with Crippen LogP contribution in [-0.4, -0.2) is 24.1 Å². The molecule has 0 amide bonds. The smallest absolute Gasteiger partial charge is 0.0722 e. The molecule has 1 fully saturated rings. The molecule has 1 unspecified atom stereocenters. The van der Waals surface area contributed by atoms with E-state index >= 15 is 0 Å². The number of nitrogens with one attached hydrogen (secondary N) is 2. The van der Waals surface area contributed by atoms with E-state index in [1.54, 1.807) is 0 Å². The molecule has 1 aliphatic heterocycles. The van der Waals surface area contributed by atoms with Crippen LogP contribution in [0.15, 0.2) is 36.5 Å². The highest BCUT2D eigenvalue weighted by molar-refractivity contribution is 5.90. The Hall–Kier alpha value is -1.61. The van der Waals surface area contributed by atoms with Crippen molar-refractivity contribution in [2.75, 3.05) is 18.4 Å². The van der Waals surface area contributed by atoms with E-state index in [0.29, 0.717) is 6.04 Å². The second kappa shape index (κ2) is 5.36. The highest BCUT2D eigenvalue weighted by Crippen LogP contribution is 2.23. The first-order valence-corrected chi connectivity index (χ1v) is 6.74. The van der Waals surface area contributed by atoms with E-state index in [9.17, 15) is 0 Å². The van der Waals surface area contributed by atoms with E-state index in [-0.39, 0.29) is 0 Å². The zero-order valence-electron chi connectivity index (χ0n) is 10.5. The van der Waals surface area contributed by atoms with Crippen molar-refractivity contribution in [2.24, 2.45) is 0 Å². The maximum atomic E-state index is 4.40. The van der Waals surface area contributed by atoms with Crippen molar-refractivity contribution in [3.8, 4) is 0 Å². The van der Waals surface area contributed by atoms with Crippen molar-refractivity contribution in [1.82, 2.24) is 10.3 Å². The van der Waals surface area contributed by atoms with Gasteiger partial charge in [0.05, 0.1) is 5.52 Å². The van der Waals surface area contributed by atoms with Gasteiger partial charge < -0.3 is 10.6 Å². The van der Waals surface area contributed by atoms with Crippen molar-refractivity contribution in [3.63, 3.8) is 0 Å². The normalized spacial score (nSPS) is 20.6. The SMILES string of the molecule is c1ccc2c(NC3CCCNCC3)ccnc2c1. The van der Waals surface area contributed by atoms with Gasteiger partial charge in [-0.3, -0.25) is 4.98 Å². The van der Waals surface area contributed by atoms with Gasteiger partial charge in [-0.25, -0.2) is 0 Å². The first kappa shape index (κ1) is 11.5. The fourth-order valence-electron chi connectivity index (χ4n) is 2.61. The van der Waals surface area contributed by atoms with Gasteiger partial charge >= 0.3 is 0 Å². The molecule has 2 heterocycles. The van der Waals surface area contributed by atoms with Gasteiger partial charge in [-0.15, -0.1) is 0 Å². The lowest BCUT2D eigenvalue weighted by atomic mass is 10.1. The minimum absolute atomic E-state index is 0.575. The molecule has 18 heavy (non-hydrogen) atoms. The number of hydrogen-bond donors (Lipinski definition) is 2. The molecule has 94 valence electrons. The summed E-state index contributed by atoms with van der Waals surface area (Å²) >= 11 is 0.